The van der Waals surface area contributed by atoms with Gasteiger partial charge in [-0.2, -0.15) is 0 Å². The number of carbonyl (C=O) groups is 1. The Bertz CT molecular complexity index is 1420. The van der Waals surface area contributed by atoms with Crippen molar-refractivity contribution >= 4 is 21.4 Å². The average molecular weight is 477 g/mol. The van der Waals surface area contributed by atoms with Crippen LogP contribution < -0.4 is 10.1 Å². The largest absolute Gasteiger partial charge is 0.495 e. The molecule has 0 atom stereocenters. The first-order valence-corrected chi connectivity index (χ1v) is 12.2. The number of oxazole rings is 1. The fourth-order valence-electron chi connectivity index (χ4n) is 3.40. The van der Waals surface area contributed by atoms with Crippen molar-refractivity contribution in [1.29, 1.82) is 0 Å². The Balaban J connectivity index is 1.51. The first-order valence-electron chi connectivity index (χ1n) is 10.6. The van der Waals surface area contributed by atoms with Gasteiger partial charge in [-0.25, -0.2) is 13.4 Å². The first kappa shape index (κ1) is 23.3. The summed E-state index contributed by atoms with van der Waals surface area (Å²) in [6.45, 7) is 3.59. The van der Waals surface area contributed by atoms with E-state index < -0.39 is 9.84 Å². The van der Waals surface area contributed by atoms with Gasteiger partial charge in [0.15, 0.2) is 9.84 Å². The van der Waals surface area contributed by atoms with E-state index in [0.29, 0.717) is 39.9 Å². The fourth-order valence-corrected chi connectivity index (χ4v) is 4.75. The third kappa shape index (κ3) is 5.02. The van der Waals surface area contributed by atoms with Gasteiger partial charge >= 0.3 is 0 Å². The average Bonchev–Trinajstić information content (AvgIpc) is 3.19. The number of benzene rings is 3. The summed E-state index contributed by atoms with van der Waals surface area (Å²) in [5, 5.41) is 2.83. The molecular formula is C26H24N2O5S. The Hall–Kier alpha value is -3.91. The van der Waals surface area contributed by atoms with Gasteiger partial charge in [0.2, 0.25) is 5.89 Å². The van der Waals surface area contributed by atoms with Crippen molar-refractivity contribution in [3.05, 3.63) is 95.4 Å². The van der Waals surface area contributed by atoms with Gasteiger partial charge in [-0.3, -0.25) is 4.79 Å². The molecule has 4 aromatic rings. The fraction of sp³-hybridized carbons (Fsp3) is 0.154. The quantitative estimate of drug-likeness (QED) is 0.394. The number of hydrogen-bond acceptors (Lipinski definition) is 6. The maximum Gasteiger partial charge on any atom is 0.255 e. The molecule has 0 spiro atoms. The van der Waals surface area contributed by atoms with Gasteiger partial charge in [-0.1, -0.05) is 29.8 Å². The lowest BCUT2D eigenvalue weighted by molar-refractivity contribution is 0.102. The van der Waals surface area contributed by atoms with Crippen LogP contribution in [-0.4, -0.2) is 26.4 Å². The Morgan fingerprint density at radius 3 is 2.32 bits per heavy atom. The molecule has 0 saturated carbocycles. The molecule has 7 nitrogen and oxygen atoms in total. The molecule has 0 bridgehead atoms. The van der Waals surface area contributed by atoms with Crippen molar-refractivity contribution in [3.8, 4) is 17.2 Å². The van der Waals surface area contributed by atoms with E-state index in [1.54, 1.807) is 74.7 Å². The molecule has 0 aliphatic heterocycles. The van der Waals surface area contributed by atoms with Gasteiger partial charge in [0, 0.05) is 11.1 Å². The van der Waals surface area contributed by atoms with E-state index in [9.17, 15) is 13.2 Å². The highest BCUT2D eigenvalue weighted by molar-refractivity contribution is 7.90. The molecule has 8 heteroatoms. The van der Waals surface area contributed by atoms with E-state index >= 15 is 0 Å². The van der Waals surface area contributed by atoms with Crippen LogP contribution in [0, 0.1) is 13.8 Å². The molecule has 1 heterocycles. The number of carbonyl (C=O) groups excluding carboxylic acids is 1. The number of rotatable bonds is 7. The predicted octanol–water partition coefficient (Wildman–Crippen LogP) is 5.19. The van der Waals surface area contributed by atoms with Crippen LogP contribution in [0.2, 0.25) is 0 Å². The normalized spacial score (nSPS) is 11.3. The summed E-state index contributed by atoms with van der Waals surface area (Å²) in [6, 6.07) is 20.6. The van der Waals surface area contributed by atoms with E-state index in [1.165, 1.54) is 0 Å². The van der Waals surface area contributed by atoms with E-state index in [0.717, 1.165) is 5.56 Å². The van der Waals surface area contributed by atoms with Crippen LogP contribution in [0.5, 0.6) is 5.75 Å². The molecule has 34 heavy (non-hydrogen) atoms. The van der Waals surface area contributed by atoms with Crippen molar-refractivity contribution in [3.63, 3.8) is 0 Å². The van der Waals surface area contributed by atoms with Crippen LogP contribution in [0.3, 0.4) is 0 Å². The van der Waals surface area contributed by atoms with Crippen molar-refractivity contribution in [2.45, 2.75) is 24.5 Å². The summed E-state index contributed by atoms with van der Waals surface area (Å²) < 4.78 is 36.6. The Morgan fingerprint density at radius 1 is 0.971 bits per heavy atom. The van der Waals surface area contributed by atoms with Gasteiger partial charge < -0.3 is 14.5 Å². The number of methoxy groups -OCH3 is 1. The number of sulfone groups is 1. The number of hydrogen-bond donors (Lipinski definition) is 1. The van der Waals surface area contributed by atoms with Gasteiger partial charge in [0.05, 0.1) is 23.4 Å². The number of nitrogens with one attached hydrogen (secondary N) is 1. The highest BCUT2D eigenvalue weighted by Crippen LogP contribution is 2.27. The summed E-state index contributed by atoms with van der Waals surface area (Å²) in [7, 11) is -2.02. The van der Waals surface area contributed by atoms with Crippen LogP contribution >= 0.6 is 0 Å². The summed E-state index contributed by atoms with van der Waals surface area (Å²) in [6.07, 6.45) is 0. The molecule has 0 saturated heterocycles. The standard InChI is InChI=1S/C26H24N2O5S/c1-17-8-14-21(15-9-17)34(30,31)16-23-18(2)33-26(28-23)20-12-10-19(11-13-20)25(29)27-22-6-4-5-7-24(22)32-3/h4-15H,16H2,1-3H3,(H,27,29). The van der Waals surface area contributed by atoms with Crippen LogP contribution in [0.15, 0.2) is 82.1 Å². The zero-order chi connectivity index (χ0) is 24.3. The molecule has 0 aliphatic carbocycles. The smallest absolute Gasteiger partial charge is 0.255 e. The third-order valence-corrected chi connectivity index (χ3v) is 6.99. The Morgan fingerprint density at radius 2 is 1.65 bits per heavy atom. The van der Waals surface area contributed by atoms with Gasteiger partial charge in [0.25, 0.3) is 5.91 Å². The molecule has 3 aromatic carbocycles. The molecule has 4 rings (SSSR count). The topological polar surface area (TPSA) is 98.5 Å². The van der Waals surface area contributed by atoms with Crippen molar-refractivity contribution in [2.75, 3.05) is 12.4 Å². The lowest BCUT2D eigenvalue weighted by Crippen LogP contribution is -2.12. The van der Waals surface area contributed by atoms with E-state index in [2.05, 4.69) is 10.3 Å². The maximum atomic E-state index is 12.8. The SMILES string of the molecule is COc1ccccc1NC(=O)c1ccc(-c2nc(CS(=O)(=O)c3ccc(C)cc3)c(C)o2)cc1. The number of aryl methyl sites for hydroxylation is 2. The number of anilines is 1. The number of amides is 1. The number of aromatic nitrogens is 1. The second kappa shape index (κ2) is 9.52. The molecule has 1 N–H and O–H groups in total. The van der Waals surface area contributed by atoms with Gasteiger partial charge in [0.1, 0.15) is 17.3 Å². The van der Waals surface area contributed by atoms with Crippen LogP contribution in [0.1, 0.15) is 27.4 Å². The second-order valence-electron chi connectivity index (χ2n) is 7.83. The predicted molar refractivity (Wildman–Crippen MR) is 130 cm³/mol. The van der Waals surface area contributed by atoms with E-state index in [1.807, 2.05) is 19.1 Å². The molecule has 1 amide bonds. The molecular weight excluding hydrogens is 452 g/mol. The zero-order valence-electron chi connectivity index (χ0n) is 19.0. The molecule has 0 unspecified atom stereocenters. The molecule has 0 fully saturated rings. The van der Waals surface area contributed by atoms with Crippen LogP contribution in [0.25, 0.3) is 11.5 Å². The van der Waals surface area contributed by atoms with Crippen molar-refractivity contribution in [2.24, 2.45) is 0 Å². The minimum Gasteiger partial charge on any atom is -0.495 e. The first-order chi connectivity index (χ1) is 16.3. The monoisotopic (exact) mass is 476 g/mol. The molecule has 174 valence electrons. The molecule has 0 aliphatic rings. The second-order valence-corrected chi connectivity index (χ2v) is 9.82. The zero-order valence-corrected chi connectivity index (χ0v) is 19.8. The van der Waals surface area contributed by atoms with E-state index in [4.69, 9.17) is 9.15 Å². The Kier molecular flexibility index (Phi) is 6.51. The molecule has 0 radical (unpaired) electrons. The number of para-hydroxylation sites is 2. The summed E-state index contributed by atoms with van der Waals surface area (Å²) in [5.74, 6) is 0.748. The lowest BCUT2D eigenvalue weighted by atomic mass is 10.1. The highest BCUT2D eigenvalue weighted by Gasteiger charge is 2.21. The van der Waals surface area contributed by atoms with Crippen LogP contribution in [-0.2, 0) is 15.6 Å². The van der Waals surface area contributed by atoms with Crippen molar-refractivity contribution in [1.82, 2.24) is 4.98 Å². The van der Waals surface area contributed by atoms with Gasteiger partial charge in [-0.15, -0.1) is 0 Å². The minimum atomic E-state index is -3.56. The van der Waals surface area contributed by atoms with Crippen molar-refractivity contribution < 1.29 is 22.4 Å². The lowest BCUT2D eigenvalue weighted by Gasteiger charge is -2.09. The summed E-state index contributed by atoms with van der Waals surface area (Å²) in [4.78, 5) is 17.3. The number of ether oxygens (including phenoxy) is 1. The third-order valence-electron chi connectivity index (χ3n) is 5.35. The minimum absolute atomic E-state index is 0.243. The molecule has 1 aromatic heterocycles. The summed E-state index contributed by atoms with van der Waals surface area (Å²) in [5.41, 5.74) is 2.99. The van der Waals surface area contributed by atoms with E-state index in [-0.39, 0.29) is 16.6 Å². The summed E-state index contributed by atoms with van der Waals surface area (Å²) >= 11 is 0. The maximum absolute atomic E-state index is 12.8. The number of nitrogens with zero attached hydrogens (tertiary/aromatic N) is 1. The Labute approximate surface area is 198 Å². The van der Waals surface area contributed by atoms with Gasteiger partial charge in [-0.05, 0) is 62.4 Å². The van der Waals surface area contributed by atoms with Crippen LogP contribution in [0.4, 0.5) is 5.69 Å². The highest BCUT2D eigenvalue weighted by atomic mass is 32.2.